The van der Waals surface area contributed by atoms with Gasteiger partial charge in [-0.15, -0.1) is 0 Å². The first-order valence-corrected chi connectivity index (χ1v) is 6.96. The molecule has 1 heterocycles. The average molecular weight is 249 g/mol. The third-order valence-electron chi connectivity index (χ3n) is 2.82. The average Bonchev–Trinajstić information content (AvgIpc) is 2.33. The van der Waals surface area contributed by atoms with E-state index in [4.69, 9.17) is 0 Å². The van der Waals surface area contributed by atoms with Gasteiger partial charge in [-0.2, -0.15) is 0 Å². The van der Waals surface area contributed by atoms with Crippen molar-refractivity contribution in [2.45, 2.75) is 47.2 Å². The second kappa shape index (κ2) is 7.37. The fourth-order valence-corrected chi connectivity index (χ4v) is 1.89. The fourth-order valence-electron chi connectivity index (χ4n) is 1.89. The summed E-state index contributed by atoms with van der Waals surface area (Å²) in [6.07, 6.45) is 1.91. The predicted molar refractivity (Wildman–Crippen MR) is 78.9 cm³/mol. The van der Waals surface area contributed by atoms with Gasteiger partial charge in [0.05, 0.1) is 0 Å². The highest BCUT2D eigenvalue weighted by Crippen LogP contribution is 2.14. The molecule has 102 valence electrons. The van der Waals surface area contributed by atoms with Gasteiger partial charge in [0.2, 0.25) is 0 Å². The van der Waals surface area contributed by atoms with Crippen LogP contribution in [0.1, 0.15) is 40.2 Å². The predicted octanol–water partition coefficient (Wildman–Crippen LogP) is 3.06. The van der Waals surface area contributed by atoms with Crippen LogP contribution in [0, 0.1) is 5.92 Å². The van der Waals surface area contributed by atoms with Crippen molar-refractivity contribution < 1.29 is 0 Å². The summed E-state index contributed by atoms with van der Waals surface area (Å²) in [5.41, 5.74) is 1.30. The second-order valence-electron chi connectivity index (χ2n) is 5.49. The molecule has 0 saturated carbocycles. The zero-order valence-corrected chi connectivity index (χ0v) is 12.4. The number of aromatic nitrogens is 1. The third-order valence-corrected chi connectivity index (χ3v) is 2.82. The zero-order valence-electron chi connectivity index (χ0n) is 12.4. The molecule has 1 aromatic rings. The molecule has 0 spiro atoms. The van der Waals surface area contributed by atoms with E-state index in [9.17, 15) is 0 Å². The Bertz CT molecular complexity index is 347. The molecule has 0 unspecified atom stereocenters. The summed E-state index contributed by atoms with van der Waals surface area (Å²) >= 11 is 0. The van der Waals surface area contributed by atoms with Gasteiger partial charge in [0, 0.05) is 31.9 Å². The Morgan fingerprint density at radius 2 is 2.00 bits per heavy atom. The van der Waals surface area contributed by atoms with Gasteiger partial charge in [0.25, 0.3) is 0 Å². The number of pyridine rings is 1. The zero-order chi connectivity index (χ0) is 13.5. The van der Waals surface area contributed by atoms with Gasteiger partial charge in [-0.25, -0.2) is 4.98 Å². The van der Waals surface area contributed by atoms with Crippen LogP contribution < -0.4 is 10.2 Å². The maximum absolute atomic E-state index is 4.49. The number of rotatable bonds is 7. The smallest absolute Gasteiger partial charge is 0.128 e. The topological polar surface area (TPSA) is 28.2 Å². The maximum atomic E-state index is 4.49. The second-order valence-corrected chi connectivity index (χ2v) is 5.49. The minimum atomic E-state index is 0.513. The highest BCUT2D eigenvalue weighted by Gasteiger charge is 2.08. The van der Waals surface area contributed by atoms with Gasteiger partial charge in [-0.1, -0.05) is 27.7 Å². The molecule has 0 atom stereocenters. The minimum Gasteiger partial charge on any atom is -0.357 e. The molecule has 0 aliphatic heterocycles. The Morgan fingerprint density at radius 1 is 1.28 bits per heavy atom. The van der Waals surface area contributed by atoms with E-state index in [0.717, 1.165) is 25.5 Å². The molecule has 0 bridgehead atoms. The number of nitrogens with zero attached hydrogens (tertiary/aromatic N) is 2. The van der Waals surface area contributed by atoms with Crippen LogP contribution in [0.3, 0.4) is 0 Å². The molecule has 1 aromatic heterocycles. The van der Waals surface area contributed by atoms with Gasteiger partial charge >= 0.3 is 0 Å². The van der Waals surface area contributed by atoms with E-state index in [1.165, 1.54) is 5.56 Å². The van der Waals surface area contributed by atoms with Crippen molar-refractivity contribution in [2.75, 3.05) is 18.0 Å². The Labute approximate surface area is 112 Å². The molecule has 0 aliphatic rings. The summed E-state index contributed by atoms with van der Waals surface area (Å²) in [6, 6.07) is 4.79. The van der Waals surface area contributed by atoms with Crippen LogP contribution in [-0.4, -0.2) is 24.1 Å². The normalized spacial score (nSPS) is 11.3. The van der Waals surface area contributed by atoms with Crippen molar-refractivity contribution in [3.8, 4) is 0 Å². The van der Waals surface area contributed by atoms with Crippen LogP contribution in [0.4, 0.5) is 5.82 Å². The Morgan fingerprint density at radius 3 is 2.56 bits per heavy atom. The van der Waals surface area contributed by atoms with E-state index in [-0.39, 0.29) is 0 Å². The van der Waals surface area contributed by atoms with Crippen LogP contribution in [0.15, 0.2) is 18.3 Å². The lowest BCUT2D eigenvalue weighted by atomic mass is 10.2. The van der Waals surface area contributed by atoms with E-state index in [1.807, 2.05) is 6.20 Å². The molecule has 0 aliphatic carbocycles. The van der Waals surface area contributed by atoms with Crippen molar-refractivity contribution >= 4 is 5.82 Å². The van der Waals surface area contributed by atoms with Crippen LogP contribution in [-0.2, 0) is 6.54 Å². The lowest BCUT2D eigenvalue weighted by Gasteiger charge is -2.24. The van der Waals surface area contributed by atoms with Gasteiger partial charge in [-0.3, -0.25) is 0 Å². The number of nitrogens with one attached hydrogen (secondary N) is 1. The fraction of sp³-hybridized carbons (Fsp3) is 0.667. The highest BCUT2D eigenvalue weighted by atomic mass is 15.2. The van der Waals surface area contributed by atoms with Crippen molar-refractivity contribution in [3.05, 3.63) is 23.9 Å². The van der Waals surface area contributed by atoms with Gasteiger partial charge in [0.1, 0.15) is 5.82 Å². The van der Waals surface area contributed by atoms with Gasteiger partial charge < -0.3 is 10.2 Å². The van der Waals surface area contributed by atoms with Crippen LogP contribution in [0.25, 0.3) is 0 Å². The molecule has 0 saturated heterocycles. The van der Waals surface area contributed by atoms with E-state index in [2.05, 4.69) is 62.0 Å². The quantitative estimate of drug-likeness (QED) is 0.805. The van der Waals surface area contributed by atoms with E-state index in [0.29, 0.717) is 12.0 Å². The summed E-state index contributed by atoms with van der Waals surface area (Å²) in [5, 5.41) is 3.44. The Hall–Kier alpha value is -1.09. The lowest BCUT2D eigenvalue weighted by Crippen LogP contribution is -2.28. The molecule has 1 N–H and O–H groups in total. The van der Waals surface area contributed by atoms with Crippen LogP contribution in [0.5, 0.6) is 0 Å². The molecule has 3 heteroatoms. The minimum absolute atomic E-state index is 0.513. The largest absolute Gasteiger partial charge is 0.357 e. The first-order valence-electron chi connectivity index (χ1n) is 6.96. The van der Waals surface area contributed by atoms with Crippen molar-refractivity contribution in [3.63, 3.8) is 0 Å². The Balaban J connectivity index is 2.72. The molecule has 0 amide bonds. The summed E-state index contributed by atoms with van der Waals surface area (Å²) in [7, 11) is 0. The molecule has 0 aromatic carbocycles. The van der Waals surface area contributed by atoms with Crippen LogP contribution >= 0.6 is 0 Å². The monoisotopic (exact) mass is 249 g/mol. The maximum Gasteiger partial charge on any atom is 0.128 e. The van der Waals surface area contributed by atoms with E-state index in [1.54, 1.807) is 0 Å². The van der Waals surface area contributed by atoms with Crippen molar-refractivity contribution in [1.29, 1.82) is 0 Å². The first kappa shape index (κ1) is 15.0. The van der Waals surface area contributed by atoms with E-state index >= 15 is 0 Å². The Kier molecular flexibility index (Phi) is 6.13. The SMILES string of the molecule is CCN(CC(C)C)c1cc(CNC(C)C)ccn1. The highest BCUT2D eigenvalue weighted by molar-refractivity contribution is 5.40. The summed E-state index contributed by atoms with van der Waals surface area (Å²) in [5.74, 6) is 1.75. The summed E-state index contributed by atoms with van der Waals surface area (Å²) in [4.78, 5) is 6.83. The first-order chi connectivity index (χ1) is 8.52. The van der Waals surface area contributed by atoms with Gasteiger partial charge in [0.15, 0.2) is 0 Å². The number of hydrogen-bond donors (Lipinski definition) is 1. The van der Waals surface area contributed by atoms with Gasteiger partial charge in [-0.05, 0) is 30.5 Å². The van der Waals surface area contributed by atoms with Crippen molar-refractivity contribution in [1.82, 2.24) is 10.3 Å². The lowest BCUT2D eigenvalue weighted by molar-refractivity contribution is 0.587. The standard InChI is InChI=1S/C15H27N3/c1-6-18(11-12(2)3)15-9-14(7-8-16-15)10-17-13(4)5/h7-9,12-13,17H,6,10-11H2,1-5H3. The molecule has 3 nitrogen and oxygen atoms in total. The van der Waals surface area contributed by atoms with Crippen LogP contribution in [0.2, 0.25) is 0 Å². The molecule has 0 fully saturated rings. The molecule has 0 radical (unpaired) electrons. The van der Waals surface area contributed by atoms with Crippen molar-refractivity contribution in [2.24, 2.45) is 5.92 Å². The third kappa shape index (κ3) is 5.05. The molecule has 1 rings (SSSR count). The summed E-state index contributed by atoms with van der Waals surface area (Å²) < 4.78 is 0. The summed E-state index contributed by atoms with van der Waals surface area (Å²) in [6.45, 7) is 14.0. The number of hydrogen-bond acceptors (Lipinski definition) is 3. The number of anilines is 1. The molecular formula is C15H27N3. The molecular weight excluding hydrogens is 222 g/mol. The van der Waals surface area contributed by atoms with E-state index < -0.39 is 0 Å². The molecule has 18 heavy (non-hydrogen) atoms.